The van der Waals surface area contributed by atoms with E-state index in [9.17, 15) is 0 Å². The molecule has 1 heterocycles. The van der Waals surface area contributed by atoms with Crippen LogP contribution in [-0.2, 0) is 15.9 Å². The van der Waals surface area contributed by atoms with Crippen molar-refractivity contribution in [1.29, 1.82) is 0 Å². The van der Waals surface area contributed by atoms with E-state index < -0.39 is 19.9 Å². The Balaban J connectivity index is 1.61. The van der Waals surface area contributed by atoms with Gasteiger partial charge in [-0.3, -0.25) is 0 Å². The van der Waals surface area contributed by atoms with Gasteiger partial charge in [0.1, 0.15) is 11.2 Å². The lowest BCUT2D eigenvalue weighted by molar-refractivity contribution is -0.100. The van der Waals surface area contributed by atoms with Gasteiger partial charge in [0.15, 0.2) is 8.67 Å². The summed E-state index contributed by atoms with van der Waals surface area (Å²) in [7, 11) is 0. The van der Waals surface area contributed by atoms with Gasteiger partial charge in [-0.1, -0.05) is 137 Å². The average Bonchev–Trinajstić information content (AvgIpc) is 3.51. The van der Waals surface area contributed by atoms with Crippen LogP contribution in [-0.4, -0.2) is 8.67 Å². The number of rotatable bonds is 3. The van der Waals surface area contributed by atoms with Crippen molar-refractivity contribution in [2.75, 3.05) is 0 Å². The minimum atomic E-state index is -1.09. The van der Waals surface area contributed by atoms with Crippen LogP contribution in [0.2, 0.25) is 0 Å². The average molecular weight is 476 g/mol. The smallest absolute Gasteiger partial charge is 0.158 e. The fourth-order valence-corrected chi connectivity index (χ4v) is 7.77. The highest BCUT2D eigenvalue weighted by Gasteiger charge is 2.95. The first-order chi connectivity index (χ1) is 14.4. The molecule has 0 radical (unpaired) electrons. The number of ether oxygens (including phenoxy) is 1. The molecule has 2 saturated carbocycles. The summed E-state index contributed by atoms with van der Waals surface area (Å²) in [6.07, 6.45) is 0. The van der Waals surface area contributed by atoms with E-state index in [0.717, 1.165) is 16.7 Å². The molecule has 3 aromatic rings. The Labute approximate surface area is 195 Å². The summed E-state index contributed by atoms with van der Waals surface area (Å²) in [5.74, 6) is -0.385. The Morgan fingerprint density at radius 2 is 0.900 bits per heavy atom. The standard InChI is InChI=1S/C25H18Cl4O/c26-24(27)20-19(16-10-4-1-5-11-16)21-23(25(21,28)29,18-14-8-3-9-15-18)30-22(20,24)17-12-6-2-7-13-17/h1-15,19-21H/t19?,20-,21+,22+,23-. The zero-order valence-electron chi connectivity index (χ0n) is 15.8. The monoisotopic (exact) mass is 474 g/mol. The van der Waals surface area contributed by atoms with Crippen LogP contribution in [0.1, 0.15) is 22.6 Å². The van der Waals surface area contributed by atoms with E-state index in [-0.39, 0.29) is 17.8 Å². The SMILES string of the molecule is ClC1(Cl)[C@H]2C(c3ccccc3)[C@H]3C(Cl)(Cl)[C@@]3(c3ccccc3)O[C@]21c1ccccc1. The second-order valence-electron chi connectivity index (χ2n) is 8.44. The van der Waals surface area contributed by atoms with Crippen LogP contribution in [0.15, 0.2) is 91.0 Å². The quantitative estimate of drug-likeness (QED) is 0.364. The molecular formula is C25H18Cl4O. The fourth-order valence-electron chi connectivity index (χ4n) is 5.77. The van der Waals surface area contributed by atoms with E-state index in [1.54, 1.807) is 0 Å². The molecular weight excluding hydrogens is 458 g/mol. The third kappa shape index (κ3) is 2.16. The maximum atomic E-state index is 7.03. The van der Waals surface area contributed by atoms with E-state index in [1.807, 2.05) is 78.9 Å². The van der Waals surface area contributed by atoms with Gasteiger partial charge in [0.2, 0.25) is 0 Å². The lowest BCUT2D eigenvalue weighted by Gasteiger charge is -2.34. The van der Waals surface area contributed by atoms with Gasteiger partial charge in [0, 0.05) is 17.8 Å². The predicted octanol–water partition coefficient (Wildman–Crippen LogP) is 7.20. The number of alkyl halides is 4. The molecule has 1 nitrogen and oxygen atoms in total. The second kappa shape index (κ2) is 6.18. The van der Waals surface area contributed by atoms with E-state index >= 15 is 0 Å². The molecule has 0 aromatic heterocycles. The molecule has 3 fully saturated rings. The van der Waals surface area contributed by atoms with Crippen molar-refractivity contribution in [1.82, 2.24) is 0 Å². The second-order valence-corrected chi connectivity index (χ2v) is 11.2. The molecule has 152 valence electrons. The van der Waals surface area contributed by atoms with E-state index in [2.05, 4.69) is 12.1 Å². The Hall–Kier alpha value is -1.22. The van der Waals surface area contributed by atoms with Crippen LogP contribution in [0, 0.1) is 11.8 Å². The van der Waals surface area contributed by atoms with Gasteiger partial charge in [-0.2, -0.15) is 0 Å². The fraction of sp³-hybridized carbons (Fsp3) is 0.280. The molecule has 1 unspecified atom stereocenters. The molecule has 3 aliphatic rings. The first kappa shape index (κ1) is 19.5. The molecule has 0 amide bonds. The summed E-state index contributed by atoms with van der Waals surface area (Å²) in [5.41, 5.74) is 1.24. The van der Waals surface area contributed by atoms with Gasteiger partial charge in [-0.25, -0.2) is 0 Å². The zero-order valence-corrected chi connectivity index (χ0v) is 18.8. The third-order valence-corrected chi connectivity index (χ3v) is 9.17. The molecule has 0 N–H and O–H groups in total. The molecule has 6 rings (SSSR count). The van der Waals surface area contributed by atoms with Crippen molar-refractivity contribution in [2.45, 2.75) is 25.8 Å². The van der Waals surface area contributed by atoms with Gasteiger partial charge < -0.3 is 4.74 Å². The first-order valence-electron chi connectivity index (χ1n) is 10.0. The van der Waals surface area contributed by atoms with Crippen molar-refractivity contribution in [3.63, 3.8) is 0 Å². The highest BCUT2D eigenvalue weighted by molar-refractivity contribution is 6.54. The van der Waals surface area contributed by atoms with Crippen LogP contribution >= 0.6 is 46.4 Å². The minimum Gasteiger partial charge on any atom is -0.352 e. The highest BCUT2D eigenvalue weighted by Crippen LogP contribution is 2.89. The number of benzene rings is 3. The largest absolute Gasteiger partial charge is 0.352 e. The van der Waals surface area contributed by atoms with Gasteiger partial charge in [-0.15, -0.1) is 0 Å². The lowest BCUT2D eigenvalue weighted by Crippen LogP contribution is -2.35. The summed E-state index contributed by atoms with van der Waals surface area (Å²) in [6, 6.07) is 30.2. The van der Waals surface area contributed by atoms with Crippen LogP contribution in [0.25, 0.3) is 0 Å². The molecule has 5 atom stereocenters. The summed E-state index contributed by atoms with van der Waals surface area (Å²) >= 11 is 28.1. The van der Waals surface area contributed by atoms with Crippen molar-refractivity contribution < 1.29 is 4.74 Å². The van der Waals surface area contributed by atoms with E-state index in [0.29, 0.717) is 0 Å². The van der Waals surface area contributed by atoms with Crippen molar-refractivity contribution in [3.05, 3.63) is 108 Å². The summed E-state index contributed by atoms with van der Waals surface area (Å²) in [5, 5.41) is 0. The molecule has 1 aliphatic heterocycles. The number of hydrogen-bond donors (Lipinski definition) is 0. The highest BCUT2D eigenvalue weighted by atomic mass is 35.5. The third-order valence-electron chi connectivity index (χ3n) is 7.11. The summed E-state index contributed by atoms with van der Waals surface area (Å²) < 4.78 is 4.76. The number of halogens is 4. The predicted molar refractivity (Wildman–Crippen MR) is 122 cm³/mol. The molecule has 0 bridgehead atoms. The number of fused-ring (bicyclic) bond motifs is 2. The van der Waals surface area contributed by atoms with Crippen LogP contribution in [0.3, 0.4) is 0 Å². The van der Waals surface area contributed by atoms with E-state index in [4.69, 9.17) is 51.1 Å². The molecule has 0 spiro atoms. The topological polar surface area (TPSA) is 9.23 Å². The molecule has 3 aromatic carbocycles. The molecule has 30 heavy (non-hydrogen) atoms. The summed E-state index contributed by atoms with van der Waals surface area (Å²) in [4.78, 5) is 0. The van der Waals surface area contributed by atoms with Gasteiger partial charge in [0.05, 0.1) is 0 Å². The normalized spacial score (nSPS) is 37.0. The van der Waals surface area contributed by atoms with Gasteiger partial charge in [-0.05, 0) is 16.7 Å². The van der Waals surface area contributed by atoms with Gasteiger partial charge >= 0.3 is 0 Å². The van der Waals surface area contributed by atoms with Crippen molar-refractivity contribution in [3.8, 4) is 0 Å². The summed E-state index contributed by atoms with van der Waals surface area (Å²) in [6.45, 7) is 0. The molecule has 1 saturated heterocycles. The lowest BCUT2D eigenvalue weighted by atomic mass is 9.82. The van der Waals surface area contributed by atoms with Crippen LogP contribution < -0.4 is 0 Å². The van der Waals surface area contributed by atoms with Gasteiger partial charge in [0.25, 0.3) is 0 Å². The zero-order chi connectivity index (χ0) is 20.8. The minimum absolute atomic E-state index is 0.0506. The maximum absolute atomic E-state index is 7.03. The first-order valence-corrected chi connectivity index (χ1v) is 11.5. The molecule has 5 heteroatoms. The van der Waals surface area contributed by atoms with E-state index in [1.165, 1.54) is 0 Å². The van der Waals surface area contributed by atoms with Crippen molar-refractivity contribution >= 4 is 46.4 Å². The maximum Gasteiger partial charge on any atom is 0.158 e. The van der Waals surface area contributed by atoms with Crippen LogP contribution in [0.5, 0.6) is 0 Å². The van der Waals surface area contributed by atoms with Crippen LogP contribution in [0.4, 0.5) is 0 Å². The Morgan fingerprint density at radius 1 is 0.533 bits per heavy atom. The Morgan fingerprint density at radius 3 is 1.30 bits per heavy atom. The van der Waals surface area contributed by atoms with Crippen molar-refractivity contribution in [2.24, 2.45) is 11.8 Å². The number of hydrogen-bond acceptors (Lipinski definition) is 1. The Kier molecular flexibility index (Phi) is 4.01. The molecule has 2 aliphatic carbocycles. The Bertz CT molecular complexity index is 1030.